The van der Waals surface area contributed by atoms with Crippen LogP contribution < -0.4 is 20.1 Å². The maximum absolute atomic E-state index is 5.34. The number of pyridine rings is 1. The van der Waals surface area contributed by atoms with E-state index in [1.807, 2.05) is 43.3 Å². The van der Waals surface area contributed by atoms with E-state index in [9.17, 15) is 0 Å². The summed E-state index contributed by atoms with van der Waals surface area (Å²) in [4.78, 5) is 4.46. The number of hydrogen-bond donors (Lipinski definition) is 2. The Morgan fingerprint density at radius 3 is 2.84 bits per heavy atom. The van der Waals surface area contributed by atoms with Gasteiger partial charge in [-0.1, -0.05) is 6.07 Å². The number of nitrogens with one attached hydrogen (secondary N) is 2. The molecule has 0 amide bonds. The number of fused-ring (bicyclic) bond motifs is 1. The summed E-state index contributed by atoms with van der Waals surface area (Å²) in [7, 11) is 0. The predicted octanol–water partition coefficient (Wildman–Crippen LogP) is 2.99. The molecule has 0 aliphatic carbocycles. The number of anilines is 3. The minimum atomic E-state index is 0.285. The van der Waals surface area contributed by atoms with Gasteiger partial charge in [0.2, 0.25) is 6.79 Å². The normalized spacial score (nSPS) is 12.3. The second kappa shape index (κ2) is 5.06. The summed E-state index contributed by atoms with van der Waals surface area (Å²) in [5.74, 6) is 3.18. The van der Waals surface area contributed by atoms with Crippen molar-refractivity contribution in [2.45, 2.75) is 6.92 Å². The van der Waals surface area contributed by atoms with Crippen molar-refractivity contribution in [3.63, 3.8) is 0 Å². The molecule has 5 heteroatoms. The summed E-state index contributed by atoms with van der Waals surface area (Å²) >= 11 is 0. The molecule has 2 heterocycles. The van der Waals surface area contributed by atoms with Crippen molar-refractivity contribution >= 4 is 17.3 Å². The Bertz CT molecular complexity index is 587. The molecule has 0 fully saturated rings. The Hall–Kier alpha value is -2.43. The van der Waals surface area contributed by atoms with Crippen molar-refractivity contribution in [3.05, 3.63) is 36.4 Å². The van der Waals surface area contributed by atoms with Gasteiger partial charge in [-0.05, 0) is 31.2 Å². The average Bonchev–Trinajstić information content (AvgIpc) is 2.87. The number of nitrogens with zero attached hydrogens (tertiary/aromatic N) is 1. The molecule has 0 spiro atoms. The van der Waals surface area contributed by atoms with Gasteiger partial charge in [-0.3, -0.25) is 0 Å². The highest BCUT2D eigenvalue weighted by atomic mass is 16.7. The van der Waals surface area contributed by atoms with Crippen LogP contribution >= 0.6 is 0 Å². The SMILES string of the molecule is CCNc1cccc(Nc2ccc3c(c2)OCO3)n1. The molecule has 1 aliphatic heterocycles. The molecule has 2 N–H and O–H groups in total. The quantitative estimate of drug-likeness (QED) is 0.881. The summed E-state index contributed by atoms with van der Waals surface area (Å²) in [6, 6.07) is 11.6. The summed E-state index contributed by atoms with van der Waals surface area (Å²) < 4.78 is 10.6. The second-order valence-corrected chi connectivity index (χ2v) is 4.13. The van der Waals surface area contributed by atoms with Crippen LogP contribution in [0.2, 0.25) is 0 Å². The highest BCUT2D eigenvalue weighted by Gasteiger charge is 2.13. The first kappa shape index (κ1) is 11.6. The van der Waals surface area contributed by atoms with Crippen molar-refractivity contribution in [1.29, 1.82) is 0 Å². The van der Waals surface area contributed by atoms with Crippen molar-refractivity contribution in [1.82, 2.24) is 4.98 Å². The van der Waals surface area contributed by atoms with E-state index in [2.05, 4.69) is 15.6 Å². The fraction of sp³-hybridized carbons (Fsp3) is 0.214. The zero-order chi connectivity index (χ0) is 13.1. The average molecular weight is 257 g/mol. The van der Waals surface area contributed by atoms with Gasteiger partial charge < -0.3 is 20.1 Å². The maximum atomic E-state index is 5.34. The molecule has 0 unspecified atom stereocenters. The van der Waals surface area contributed by atoms with Gasteiger partial charge in [0.15, 0.2) is 11.5 Å². The number of hydrogen-bond acceptors (Lipinski definition) is 5. The van der Waals surface area contributed by atoms with E-state index >= 15 is 0 Å². The Kier molecular flexibility index (Phi) is 3.10. The Labute approximate surface area is 111 Å². The van der Waals surface area contributed by atoms with Crippen LogP contribution in [0.3, 0.4) is 0 Å². The van der Waals surface area contributed by atoms with E-state index in [-0.39, 0.29) is 6.79 Å². The lowest BCUT2D eigenvalue weighted by molar-refractivity contribution is 0.174. The molecule has 5 nitrogen and oxygen atoms in total. The highest BCUT2D eigenvalue weighted by molar-refractivity contribution is 5.62. The van der Waals surface area contributed by atoms with Gasteiger partial charge in [0, 0.05) is 18.3 Å². The van der Waals surface area contributed by atoms with E-state index in [0.29, 0.717) is 0 Å². The minimum absolute atomic E-state index is 0.285. The minimum Gasteiger partial charge on any atom is -0.454 e. The number of aromatic nitrogens is 1. The van der Waals surface area contributed by atoms with Crippen LogP contribution in [0.1, 0.15) is 6.92 Å². The summed E-state index contributed by atoms with van der Waals surface area (Å²) in [6.07, 6.45) is 0. The van der Waals surface area contributed by atoms with Crippen LogP contribution in [0.25, 0.3) is 0 Å². The van der Waals surface area contributed by atoms with Gasteiger partial charge in [0.25, 0.3) is 0 Å². The molecule has 0 atom stereocenters. The zero-order valence-corrected chi connectivity index (χ0v) is 10.6. The largest absolute Gasteiger partial charge is 0.454 e. The van der Waals surface area contributed by atoms with Crippen LogP contribution in [0.5, 0.6) is 11.5 Å². The van der Waals surface area contributed by atoms with E-state index in [0.717, 1.165) is 35.4 Å². The first-order valence-electron chi connectivity index (χ1n) is 6.23. The molecule has 1 aliphatic rings. The molecular weight excluding hydrogens is 242 g/mol. The zero-order valence-electron chi connectivity index (χ0n) is 10.6. The van der Waals surface area contributed by atoms with Gasteiger partial charge in [-0.25, -0.2) is 4.98 Å². The van der Waals surface area contributed by atoms with Gasteiger partial charge in [0.1, 0.15) is 11.6 Å². The van der Waals surface area contributed by atoms with Crippen LogP contribution in [0.15, 0.2) is 36.4 Å². The van der Waals surface area contributed by atoms with Gasteiger partial charge in [-0.15, -0.1) is 0 Å². The molecule has 98 valence electrons. The Balaban J connectivity index is 1.79. The van der Waals surface area contributed by atoms with Crippen LogP contribution in [-0.4, -0.2) is 18.3 Å². The molecule has 19 heavy (non-hydrogen) atoms. The van der Waals surface area contributed by atoms with E-state index in [4.69, 9.17) is 9.47 Å². The molecule has 3 rings (SSSR count). The molecule has 1 aromatic carbocycles. The summed E-state index contributed by atoms with van der Waals surface area (Å²) in [5.41, 5.74) is 0.922. The van der Waals surface area contributed by atoms with Crippen molar-refractivity contribution in [3.8, 4) is 11.5 Å². The van der Waals surface area contributed by atoms with E-state index in [1.54, 1.807) is 0 Å². The predicted molar refractivity (Wildman–Crippen MR) is 74.2 cm³/mol. The maximum Gasteiger partial charge on any atom is 0.231 e. The standard InChI is InChI=1S/C14H15N3O2/c1-2-15-13-4-3-5-14(17-13)16-10-6-7-11-12(8-10)19-9-18-11/h3-8H,2,9H2,1H3,(H2,15,16,17). The van der Waals surface area contributed by atoms with Crippen LogP contribution in [-0.2, 0) is 0 Å². The second-order valence-electron chi connectivity index (χ2n) is 4.13. The fourth-order valence-corrected chi connectivity index (χ4v) is 1.91. The first-order valence-corrected chi connectivity index (χ1v) is 6.23. The molecule has 0 bridgehead atoms. The van der Waals surface area contributed by atoms with Gasteiger partial charge in [0.05, 0.1) is 0 Å². The number of benzene rings is 1. The molecular formula is C14H15N3O2. The first-order chi connectivity index (χ1) is 9.35. The van der Waals surface area contributed by atoms with Crippen LogP contribution in [0, 0.1) is 0 Å². The monoisotopic (exact) mass is 257 g/mol. The van der Waals surface area contributed by atoms with Crippen molar-refractivity contribution in [2.75, 3.05) is 24.0 Å². The summed E-state index contributed by atoms with van der Waals surface area (Å²) in [6.45, 7) is 3.17. The Morgan fingerprint density at radius 2 is 1.95 bits per heavy atom. The van der Waals surface area contributed by atoms with Gasteiger partial charge in [-0.2, -0.15) is 0 Å². The van der Waals surface area contributed by atoms with E-state index < -0.39 is 0 Å². The molecule has 0 saturated carbocycles. The molecule has 0 saturated heterocycles. The lowest BCUT2D eigenvalue weighted by Crippen LogP contribution is -2.01. The third kappa shape index (κ3) is 2.54. The lowest BCUT2D eigenvalue weighted by atomic mass is 10.2. The number of ether oxygens (including phenoxy) is 2. The van der Waals surface area contributed by atoms with Crippen LogP contribution in [0.4, 0.5) is 17.3 Å². The third-order valence-electron chi connectivity index (χ3n) is 2.75. The van der Waals surface area contributed by atoms with E-state index in [1.165, 1.54) is 0 Å². The molecule has 2 aromatic rings. The summed E-state index contributed by atoms with van der Waals surface area (Å²) in [5, 5.41) is 6.43. The van der Waals surface area contributed by atoms with Crippen molar-refractivity contribution in [2.24, 2.45) is 0 Å². The lowest BCUT2D eigenvalue weighted by Gasteiger charge is -2.08. The van der Waals surface area contributed by atoms with Gasteiger partial charge >= 0.3 is 0 Å². The number of rotatable bonds is 4. The third-order valence-corrected chi connectivity index (χ3v) is 2.75. The smallest absolute Gasteiger partial charge is 0.231 e. The van der Waals surface area contributed by atoms with Crippen molar-refractivity contribution < 1.29 is 9.47 Å². The molecule has 1 aromatic heterocycles. The topological polar surface area (TPSA) is 55.4 Å². The molecule has 0 radical (unpaired) electrons. The highest BCUT2D eigenvalue weighted by Crippen LogP contribution is 2.34. The fourth-order valence-electron chi connectivity index (χ4n) is 1.91. The Morgan fingerprint density at radius 1 is 1.11 bits per heavy atom.